The van der Waals surface area contributed by atoms with Crippen LogP contribution >= 0.6 is 0 Å². The van der Waals surface area contributed by atoms with Crippen LogP contribution in [-0.2, 0) is 0 Å². The highest BCUT2D eigenvalue weighted by molar-refractivity contribution is 6.83. The summed E-state index contributed by atoms with van der Waals surface area (Å²) >= 11 is 0. The third-order valence-electron chi connectivity index (χ3n) is 1.36. The first-order valence-electron chi connectivity index (χ1n) is 4.19. The Bertz CT molecular complexity index is 403. The molecular weight excluding hydrogens is 178 g/mol. The van der Waals surface area contributed by atoms with Crippen LogP contribution in [0.3, 0.4) is 0 Å². The van der Waals surface area contributed by atoms with E-state index in [0.717, 1.165) is 5.56 Å². The van der Waals surface area contributed by atoms with Crippen molar-refractivity contribution in [3.05, 3.63) is 34.2 Å². The van der Waals surface area contributed by atoms with Crippen LogP contribution in [0.5, 0.6) is 0 Å². The predicted molar refractivity (Wildman–Crippen MR) is 57.3 cm³/mol. The van der Waals surface area contributed by atoms with Crippen LogP contribution in [0.25, 0.3) is 0 Å². The first-order chi connectivity index (χ1) is 5.97. The fourth-order valence-corrected chi connectivity index (χ4v) is 1.30. The summed E-state index contributed by atoms with van der Waals surface area (Å²) in [6, 6.07) is 3.34. The van der Waals surface area contributed by atoms with Gasteiger partial charge in [0.15, 0.2) is 0 Å². The van der Waals surface area contributed by atoms with Crippen molar-refractivity contribution < 1.29 is 0 Å². The number of hydrogen-bond donors (Lipinski definition) is 1. The number of H-pyrrole nitrogens is 1. The summed E-state index contributed by atoms with van der Waals surface area (Å²) in [5, 5.41) is 0. The standard InChI is InChI=1S/C10H13NOSi/c1-13(2,3)7-5-9-4-6-11-10(12)8-9/h4,6,8H,1-3H3,(H,11,12). The summed E-state index contributed by atoms with van der Waals surface area (Å²) in [6.07, 6.45) is 1.62. The van der Waals surface area contributed by atoms with Crippen LogP contribution in [0, 0.1) is 11.5 Å². The summed E-state index contributed by atoms with van der Waals surface area (Å²) in [7, 11) is -1.33. The van der Waals surface area contributed by atoms with Crippen molar-refractivity contribution in [3.63, 3.8) is 0 Å². The molecule has 0 fully saturated rings. The van der Waals surface area contributed by atoms with E-state index in [-0.39, 0.29) is 5.56 Å². The molecule has 0 radical (unpaired) electrons. The fraction of sp³-hybridized carbons (Fsp3) is 0.300. The highest BCUT2D eigenvalue weighted by Gasteiger charge is 2.07. The smallest absolute Gasteiger partial charge is 0.249 e. The summed E-state index contributed by atoms with van der Waals surface area (Å²) < 4.78 is 0. The van der Waals surface area contributed by atoms with Gasteiger partial charge in [-0.1, -0.05) is 25.6 Å². The molecule has 0 unspecified atom stereocenters. The lowest BCUT2D eigenvalue weighted by Gasteiger charge is -2.02. The summed E-state index contributed by atoms with van der Waals surface area (Å²) in [5.74, 6) is 3.02. The molecule has 0 spiro atoms. The maximum absolute atomic E-state index is 10.9. The second-order valence-corrected chi connectivity index (χ2v) is 8.69. The van der Waals surface area contributed by atoms with Gasteiger partial charge in [0.05, 0.1) is 0 Å². The molecule has 1 aromatic rings. The van der Waals surface area contributed by atoms with Crippen molar-refractivity contribution in [2.24, 2.45) is 0 Å². The van der Waals surface area contributed by atoms with E-state index in [1.54, 1.807) is 6.20 Å². The Balaban J connectivity index is 2.97. The Kier molecular flexibility index (Phi) is 2.74. The van der Waals surface area contributed by atoms with Crippen LogP contribution in [0.15, 0.2) is 23.1 Å². The molecule has 0 bridgehead atoms. The number of aromatic nitrogens is 1. The van der Waals surface area contributed by atoms with Gasteiger partial charge in [0, 0.05) is 17.8 Å². The van der Waals surface area contributed by atoms with Crippen LogP contribution < -0.4 is 5.56 Å². The first-order valence-corrected chi connectivity index (χ1v) is 7.69. The van der Waals surface area contributed by atoms with Gasteiger partial charge in [-0.2, -0.15) is 0 Å². The Morgan fingerprint density at radius 2 is 2.08 bits per heavy atom. The van der Waals surface area contributed by atoms with Crippen LogP contribution in [0.4, 0.5) is 0 Å². The Morgan fingerprint density at radius 3 is 2.62 bits per heavy atom. The van der Waals surface area contributed by atoms with Gasteiger partial charge in [-0.05, 0) is 6.07 Å². The molecule has 3 heteroatoms. The zero-order chi connectivity index (χ0) is 9.90. The topological polar surface area (TPSA) is 32.9 Å². The van der Waals surface area contributed by atoms with Gasteiger partial charge in [0.2, 0.25) is 5.56 Å². The van der Waals surface area contributed by atoms with Crippen LogP contribution in [0.1, 0.15) is 5.56 Å². The Hall–Kier alpha value is -1.27. The van der Waals surface area contributed by atoms with E-state index in [0.29, 0.717) is 0 Å². The highest BCUT2D eigenvalue weighted by Crippen LogP contribution is 1.98. The molecule has 0 aliphatic rings. The van der Waals surface area contributed by atoms with E-state index in [2.05, 4.69) is 36.1 Å². The monoisotopic (exact) mass is 191 g/mol. The zero-order valence-corrected chi connectivity index (χ0v) is 9.14. The molecule has 0 amide bonds. The molecule has 1 N–H and O–H groups in total. The van der Waals surface area contributed by atoms with Gasteiger partial charge in [-0.15, -0.1) is 5.54 Å². The minimum absolute atomic E-state index is 0.0950. The SMILES string of the molecule is C[Si](C)(C)C#Cc1cc[nH]c(=O)c1. The van der Waals surface area contributed by atoms with Gasteiger partial charge in [-0.3, -0.25) is 4.79 Å². The lowest BCUT2D eigenvalue weighted by atomic mass is 10.3. The van der Waals surface area contributed by atoms with E-state index in [1.165, 1.54) is 6.07 Å². The molecule has 2 nitrogen and oxygen atoms in total. The van der Waals surface area contributed by atoms with E-state index in [9.17, 15) is 4.79 Å². The Labute approximate surface area is 79.0 Å². The molecule has 0 aliphatic carbocycles. The average Bonchev–Trinajstić information content (AvgIpc) is 2.00. The van der Waals surface area contributed by atoms with Crippen molar-refractivity contribution in [1.29, 1.82) is 0 Å². The molecular formula is C10H13NOSi. The van der Waals surface area contributed by atoms with E-state index >= 15 is 0 Å². The number of nitrogens with one attached hydrogen (secondary N) is 1. The second-order valence-electron chi connectivity index (χ2n) is 3.94. The van der Waals surface area contributed by atoms with Gasteiger partial charge in [0.25, 0.3) is 0 Å². The third kappa shape index (κ3) is 3.77. The first kappa shape index (κ1) is 9.81. The largest absolute Gasteiger partial charge is 0.329 e. The average molecular weight is 191 g/mol. The lowest BCUT2D eigenvalue weighted by molar-refractivity contribution is 1.23. The van der Waals surface area contributed by atoms with Gasteiger partial charge in [-0.25, -0.2) is 0 Å². The van der Waals surface area contributed by atoms with Crippen molar-refractivity contribution in [1.82, 2.24) is 4.98 Å². The molecule has 1 aromatic heterocycles. The molecule has 68 valence electrons. The van der Waals surface area contributed by atoms with Gasteiger partial charge >= 0.3 is 0 Å². The molecule has 1 rings (SSSR count). The minimum atomic E-state index is -1.33. The van der Waals surface area contributed by atoms with Crippen LogP contribution in [0.2, 0.25) is 19.6 Å². The number of rotatable bonds is 0. The van der Waals surface area contributed by atoms with Crippen LogP contribution in [-0.4, -0.2) is 13.1 Å². The van der Waals surface area contributed by atoms with Gasteiger partial charge in [0.1, 0.15) is 8.07 Å². The highest BCUT2D eigenvalue weighted by atomic mass is 28.3. The van der Waals surface area contributed by atoms with Crippen molar-refractivity contribution in [2.75, 3.05) is 0 Å². The molecule has 0 saturated carbocycles. The van der Waals surface area contributed by atoms with E-state index in [4.69, 9.17) is 0 Å². The molecule has 0 aromatic carbocycles. The Morgan fingerprint density at radius 1 is 1.38 bits per heavy atom. The molecule has 1 heterocycles. The molecule has 0 aliphatic heterocycles. The summed E-state index contributed by atoms with van der Waals surface area (Å²) in [5.41, 5.74) is 3.90. The van der Waals surface area contributed by atoms with Gasteiger partial charge < -0.3 is 4.98 Å². The maximum atomic E-state index is 10.9. The normalized spacial score (nSPS) is 10.4. The number of aromatic amines is 1. The van der Waals surface area contributed by atoms with E-state index < -0.39 is 8.07 Å². The third-order valence-corrected chi connectivity index (χ3v) is 2.23. The summed E-state index contributed by atoms with van der Waals surface area (Å²) in [4.78, 5) is 13.5. The number of hydrogen-bond acceptors (Lipinski definition) is 1. The minimum Gasteiger partial charge on any atom is -0.329 e. The fourth-order valence-electron chi connectivity index (χ4n) is 0.782. The second kappa shape index (κ2) is 3.63. The predicted octanol–water partition coefficient (Wildman–Crippen LogP) is 1.60. The maximum Gasteiger partial charge on any atom is 0.249 e. The van der Waals surface area contributed by atoms with Crippen molar-refractivity contribution in [2.45, 2.75) is 19.6 Å². The summed E-state index contributed by atoms with van der Waals surface area (Å²) in [6.45, 7) is 6.52. The number of pyridine rings is 1. The molecule has 0 atom stereocenters. The van der Waals surface area contributed by atoms with Crippen molar-refractivity contribution >= 4 is 8.07 Å². The zero-order valence-electron chi connectivity index (χ0n) is 8.14. The molecule has 0 saturated heterocycles. The molecule has 13 heavy (non-hydrogen) atoms. The lowest BCUT2D eigenvalue weighted by Crippen LogP contribution is -2.16. The van der Waals surface area contributed by atoms with E-state index in [1.807, 2.05) is 6.07 Å². The quantitative estimate of drug-likeness (QED) is 0.490. The van der Waals surface area contributed by atoms with Crippen molar-refractivity contribution in [3.8, 4) is 11.5 Å².